The molecule has 0 saturated heterocycles. The first kappa shape index (κ1) is 9.17. The molecule has 0 bridgehead atoms. The number of hydrogen-bond donors (Lipinski definition) is 1. The van der Waals surface area contributed by atoms with Crippen molar-refractivity contribution in [3.8, 4) is 0 Å². The molecule has 0 spiro atoms. The average molecular weight is 144 g/mol. The van der Waals surface area contributed by atoms with E-state index in [4.69, 9.17) is 5.26 Å². The second-order valence-corrected chi connectivity index (χ2v) is 1.95. The van der Waals surface area contributed by atoms with Crippen molar-refractivity contribution in [3.05, 3.63) is 12.2 Å². The second kappa shape index (κ2) is 6.29. The van der Waals surface area contributed by atoms with E-state index in [1.165, 1.54) is 6.08 Å². The Hall–Kier alpha value is -0.830. The smallest absolute Gasteiger partial charge is 0.296 e. The van der Waals surface area contributed by atoms with Crippen LogP contribution in [-0.4, -0.2) is 11.2 Å². The lowest BCUT2D eigenvalue weighted by Crippen LogP contribution is -1.93. The molecule has 1 N–H and O–H groups in total. The number of unbranched alkanes of at least 4 members (excludes halogenated alkanes) is 2. The first-order valence-electron chi connectivity index (χ1n) is 3.33. The largest absolute Gasteiger partial charge is 0.365 e. The summed E-state index contributed by atoms with van der Waals surface area (Å²) in [7, 11) is 0. The average Bonchev–Trinajstić information content (AvgIpc) is 1.98. The third-order valence-electron chi connectivity index (χ3n) is 1.07. The number of hydrogen-bond acceptors (Lipinski definition) is 3. The molecule has 0 aliphatic heterocycles. The third-order valence-corrected chi connectivity index (χ3v) is 1.07. The van der Waals surface area contributed by atoms with E-state index < -0.39 is 5.97 Å². The SMILES string of the molecule is CCCCC=CC(=O)OO. The highest BCUT2D eigenvalue weighted by atomic mass is 17.1. The van der Waals surface area contributed by atoms with Crippen molar-refractivity contribution in [2.75, 3.05) is 0 Å². The van der Waals surface area contributed by atoms with Crippen molar-refractivity contribution in [3.63, 3.8) is 0 Å². The van der Waals surface area contributed by atoms with Gasteiger partial charge in [0, 0.05) is 6.08 Å². The quantitative estimate of drug-likeness (QED) is 0.283. The zero-order valence-corrected chi connectivity index (χ0v) is 6.04. The van der Waals surface area contributed by atoms with Gasteiger partial charge < -0.3 is 0 Å². The van der Waals surface area contributed by atoms with Crippen LogP contribution in [0.5, 0.6) is 0 Å². The number of allylic oxidation sites excluding steroid dienone is 1. The van der Waals surface area contributed by atoms with E-state index in [2.05, 4.69) is 11.8 Å². The summed E-state index contributed by atoms with van der Waals surface area (Å²) in [6.07, 6.45) is 5.90. The summed E-state index contributed by atoms with van der Waals surface area (Å²) in [5.74, 6) is -0.712. The highest BCUT2D eigenvalue weighted by Gasteiger charge is 1.90. The van der Waals surface area contributed by atoms with Crippen LogP contribution < -0.4 is 0 Å². The van der Waals surface area contributed by atoms with E-state index in [-0.39, 0.29) is 0 Å². The topological polar surface area (TPSA) is 46.5 Å². The molecule has 0 aromatic heterocycles. The summed E-state index contributed by atoms with van der Waals surface area (Å²) in [6, 6.07) is 0. The van der Waals surface area contributed by atoms with Crippen molar-refractivity contribution in [2.45, 2.75) is 26.2 Å². The Labute approximate surface area is 60.2 Å². The molecule has 0 unspecified atom stereocenters. The zero-order chi connectivity index (χ0) is 7.82. The molecule has 0 amide bonds. The predicted octanol–water partition coefficient (Wildman–Crippen LogP) is 1.75. The molecule has 0 aliphatic rings. The minimum absolute atomic E-state index is 0.712. The van der Waals surface area contributed by atoms with Gasteiger partial charge in [0.25, 0.3) is 0 Å². The van der Waals surface area contributed by atoms with Crippen molar-refractivity contribution in [2.24, 2.45) is 0 Å². The fraction of sp³-hybridized carbons (Fsp3) is 0.571. The molecule has 0 heterocycles. The van der Waals surface area contributed by atoms with Crippen LogP contribution in [0.4, 0.5) is 0 Å². The normalized spacial score (nSPS) is 10.2. The van der Waals surface area contributed by atoms with Gasteiger partial charge in [-0.1, -0.05) is 25.8 Å². The van der Waals surface area contributed by atoms with E-state index in [0.29, 0.717) is 0 Å². The van der Waals surface area contributed by atoms with Gasteiger partial charge in [-0.15, -0.1) is 0 Å². The van der Waals surface area contributed by atoms with Gasteiger partial charge in [-0.25, -0.2) is 4.79 Å². The summed E-state index contributed by atoms with van der Waals surface area (Å²) >= 11 is 0. The monoisotopic (exact) mass is 144 g/mol. The lowest BCUT2D eigenvalue weighted by molar-refractivity contribution is -0.228. The first-order valence-corrected chi connectivity index (χ1v) is 3.33. The molecule has 3 nitrogen and oxygen atoms in total. The molecule has 3 heteroatoms. The van der Waals surface area contributed by atoms with Crippen LogP contribution in [0.25, 0.3) is 0 Å². The van der Waals surface area contributed by atoms with Gasteiger partial charge in [-0.3, -0.25) is 4.89 Å². The maximum Gasteiger partial charge on any atom is 0.365 e. The van der Waals surface area contributed by atoms with Gasteiger partial charge in [0.15, 0.2) is 0 Å². The molecule has 0 atom stereocenters. The van der Waals surface area contributed by atoms with Crippen LogP contribution in [-0.2, 0) is 9.68 Å². The molecule has 58 valence electrons. The van der Waals surface area contributed by atoms with E-state index in [0.717, 1.165) is 19.3 Å². The zero-order valence-electron chi connectivity index (χ0n) is 6.04. The van der Waals surface area contributed by atoms with Crippen molar-refractivity contribution >= 4 is 5.97 Å². The predicted molar refractivity (Wildman–Crippen MR) is 37.4 cm³/mol. The maximum absolute atomic E-state index is 10.2. The molecular weight excluding hydrogens is 132 g/mol. The minimum Gasteiger partial charge on any atom is -0.296 e. The van der Waals surface area contributed by atoms with Crippen LogP contribution in [0.1, 0.15) is 26.2 Å². The lowest BCUT2D eigenvalue weighted by Gasteiger charge is -1.87. The molecular formula is C7H12O3. The van der Waals surface area contributed by atoms with E-state index in [1.807, 2.05) is 0 Å². The summed E-state index contributed by atoms with van der Waals surface area (Å²) < 4.78 is 0. The van der Waals surface area contributed by atoms with Gasteiger partial charge in [-0.05, 0) is 6.42 Å². The Kier molecular flexibility index (Phi) is 5.77. The fourth-order valence-corrected chi connectivity index (χ4v) is 0.532. The van der Waals surface area contributed by atoms with Gasteiger partial charge in [0.05, 0.1) is 0 Å². The van der Waals surface area contributed by atoms with Crippen LogP contribution >= 0.6 is 0 Å². The molecule has 0 rings (SSSR count). The molecule has 0 saturated carbocycles. The maximum atomic E-state index is 10.2. The van der Waals surface area contributed by atoms with Crippen LogP contribution in [0.3, 0.4) is 0 Å². The highest BCUT2D eigenvalue weighted by Crippen LogP contribution is 1.94. The summed E-state index contributed by atoms with van der Waals surface area (Å²) in [6.45, 7) is 2.07. The summed E-state index contributed by atoms with van der Waals surface area (Å²) in [5.41, 5.74) is 0. The number of carbonyl (C=O) groups excluding carboxylic acids is 1. The molecule has 0 fully saturated rings. The second-order valence-electron chi connectivity index (χ2n) is 1.95. The van der Waals surface area contributed by atoms with Gasteiger partial charge in [-0.2, -0.15) is 5.26 Å². The standard InChI is InChI=1S/C7H12O3/c1-2-3-4-5-6-7(8)10-9/h5-6,9H,2-4H2,1H3. The molecule has 0 aromatic carbocycles. The van der Waals surface area contributed by atoms with Gasteiger partial charge in [0.1, 0.15) is 0 Å². The number of carbonyl (C=O) groups is 1. The number of rotatable bonds is 4. The Morgan fingerprint density at radius 3 is 2.90 bits per heavy atom. The molecule has 0 aliphatic carbocycles. The van der Waals surface area contributed by atoms with Gasteiger partial charge in [0.2, 0.25) is 0 Å². The van der Waals surface area contributed by atoms with Crippen molar-refractivity contribution in [1.29, 1.82) is 0 Å². The highest BCUT2D eigenvalue weighted by molar-refractivity contribution is 5.81. The first-order chi connectivity index (χ1) is 4.81. The minimum atomic E-state index is -0.712. The Morgan fingerprint density at radius 1 is 1.70 bits per heavy atom. The van der Waals surface area contributed by atoms with E-state index >= 15 is 0 Å². The van der Waals surface area contributed by atoms with E-state index in [9.17, 15) is 4.79 Å². The third kappa shape index (κ3) is 5.31. The molecule has 0 radical (unpaired) electrons. The lowest BCUT2D eigenvalue weighted by atomic mass is 10.2. The summed E-state index contributed by atoms with van der Waals surface area (Å²) in [4.78, 5) is 13.6. The van der Waals surface area contributed by atoms with Crippen molar-refractivity contribution < 1.29 is 14.9 Å². The fourth-order valence-electron chi connectivity index (χ4n) is 0.532. The van der Waals surface area contributed by atoms with Crippen LogP contribution in [0, 0.1) is 0 Å². The van der Waals surface area contributed by atoms with Crippen molar-refractivity contribution in [1.82, 2.24) is 0 Å². The molecule has 0 aromatic rings. The van der Waals surface area contributed by atoms with Gasteiger partial charge >= 0.3 is 5.97 Å². The van der Waals surface area contributed by atoms with Crippen LogP contribution in [0.2, 0.25) is 0 Å². The Morgan fingerprint density at radius 2 is 2.40 bits per heavy atom. The van der Waals surface area contributed by atoms with Crippen LogP contribution in [0.15, 0.2) is 12.2 Å². The van der Waals surface area contributed by atoms with E-state index in [1.54, 1.807) is 6.08 Å². The summed E-state index contributed by atoms with van der Waals surface area (Å²) in [5, 5.41) is 7.79. The Balaban J connectivity index is 3.27. The molecule has 10 heavy (non-hydrogen) atoms. The Bertz CT molecular complexity index is 118.